The minimum atomic E-state index is -0.397. The van der Waals surface area contributed by atoms with Crippen LogP contribution in [0.5, 0.6) is 5.75 Å². The molecule has 1 heterocycles. The second-order valence-corrected chi connectivity index (χ2v) is 5.20. The molecule has 6 heteroatoms. The van der Waals surface area contributed by atoms with Crippen molar-refractivity contribution in [3.8, 4) is 5.75 Å². The predicted molar refractivity (Wildman–Crippen MR) is 79.4 cm³/mol. The third kappa shape index (κ3) is 4.39. The summed E-state index contributed by atoms with van der Waals surface area (Å²) in [5, 5.41) is 12.1. The number of hydrogen-bond acceptors (Lipinski definition) is 5. The smallest absolute Gasteiger partial charge is 0.337 e. The number of carbonyl (C=O) groups is 1. The van der Waals surface area contributed by atoms with Gasteiger partial charge in [-0.3, -0.25) is 0 Å². The molecule has 0 aliphatic heterocycles. The van der Waals surface area contributed by atoms with Gasteiger partial charge in [-0.1, -0.05) is 17.8 Å². The van der Waals surface area contributed by atoms with Gasteiger partial charge in [0.15, 0.2) is 6.20 Å². The van der Waals surface area contributed by atoms with Crippen molar-refractivity contribution in [2.24, 2.45) is 0 Å². The molecule has 2 rings (SSSR count). The molecule has 21 heavy (non-hydrogen) atoms. The second-order valence-electron chi connectivity index (χ2n) is 4.08. The summed E-state index contributed by atoms with van der Waals surface area (Å²) in [7, 11) is 1.34. The van der Waals surface area contributed by atoms with Gasteiger partial charge in [0.2, 0.25) is 0 Å². The lowest BCUT2D eigenvalue weighted by Gasteiger charge is -2.07. The first-order valence-corrected chi connectivity index (χ1v) is 7.31. The van der Waals surface area contributed by atoms with Crippen LogP contribution in [-0.2, 0) is 4.74 Å². The highest BCUT2D eigenvalue weighted by Crippen LogP contribution is 2.16. The maximum absolute atomic E-state index is 11.4. The molecule has 0 saturated heterocycles. The van der Waals surface area contributed by atoms with Crippen LogP contribution in [0.3, 0.4) is 0 Å². The van der Waals surface area contributed by atoms with Crippen molar-refractivity contribution in [1.29, 1.82) is 0 Å². The maximum Gasteiger partial charge on any atom is 0.337 e. The fourth-order valence-electron chi connectivity index (χ4n) is 1.66. The fourth-order valence-corrected chi connectivity index (χ4v) is 2.40. The molecular formula is C15H15NO4S. The molecule has 0 saturated carbocycles. The number of aromatic nitrogens is 1. The van der Waals surface area contributed by atoms with Crippen LogP contribution in [-0.4, -0.2) is 25.4 Å². The Bertz CT molecular complexity index is 618. The van der Waals surface area contributed by atoms with Crippen molar-refractivity contribution < 1.29 is 19.0 Å². The monoisotopic (exact) mass is 305 g/mol. The van der Waals surface area contributed by atoms with E-state index in [2.05, 4.69) is 4.74 Å². The van der Waals surface area contributed by atoms with E-state index in [1.807, 2.05) is 6.07 Å². The first kappa shape index (κ1) is 15.2. The highest BCUT2D eigenvalue weighted by atomic mass is 32.2. The molecule has 0 unspecified atom stereocenters. The molecule has 0 spiro atoms. The standard InChI is InChI=1S/C15H15NO4S/c1-19-15(17)12-5-4-6-13(11-12)20-9-10-21-14-7-2-3-8-16(14)18/h2-8,11H,9-10H2,1H3. The van der Waals surface area contributed by atoms with E-state index in [1.54, 1.807) is 36.4 Å². The van der Waals surface area contributed by atoms with Crippen LogP contribution in [0.2, 0.25) is 0 Å². The van der Waals surface area contributed by atoms with E-state index in [0.29, 0.717) is 28.7 Å². The highest BCUT2D eigenvalue weighted by Gasteiger charge is 2.07. The number of rotatable bonds is 6. The van der Waals surface area contributed by atoms with Gasteiger partial charge in [0, 0.05) is 17.9 Å². The molecule has 0 aliphatic rings. The average Bonchev–Trinajstić information content (AvgIpc) is 2.52. The van der Waals surface area contributed by atoms with E-state index in [9.17, 15) is 10.0 Å². The number of ether oxygens (including phenoxy) is 2. The van der Waals surface area contributed by atoms with Crippen LogP contribution in [0, 0.1) is 5.21 Å². The Hall–Kier alpha value is -2.21. The molecular weight excluding hydrogens is 290 g/mol. The van der Waals surface area contributed by atoms with Gasteiger partial charge in [-0.05, 0) is 24.3 Å². The van der Waals surface area contributed by atoms with Crippen LogP contribution in [0.15, 0.2) is 53.7 Å². The third-order valence-corrected chi connectivity index (χ3v) is 3.63. The topological polar surface area (TPSA) is 62.5 Å². The van der Waals surface area contributed by atoms with Crippen LogP contribution >= 0.6 is 11.8 Å². The summed E-state index contributed by atoms with van der Waals surface area (Å²) in [5.41, 5.74) is 0.447. The van der Waals surface area contributed by atoms with Crippen LogP contribution in [0.25, 0.3) is 0 Å². The van der Waals surface area contributed by atoms with Crippen LogP contribution in [0.1, 0.15) is 10.4 Å². The van der Waals surface area contributed by atoms with Gasteiger partial charge in [0.05, 0.1) is 19.3 Å². The van der Waals surface area contributed by atoms with Gasteiger partial charge < -0.3 is 14.7 Å². The number of hydrogen-bond donors (Lipinski definition) is 0. The van der Waals surface area contributed by atoms with E-state index < -0.39 is 5.97 Å². The zero-order valence-corrected chi connectivity index (χ0v) is 12.3. The van der Waals surface area contributed by atoms with Crippen molar-refractivity contribution in [1.82, 2.24) is 0 Å². The Morgan fingerprint density at radius 3 is 2.90 bits per heavy atom. The van der Waals surface area contributed by atoms with E-state index in [4.69, 9.17) is 4.74 Å². The lowest BCUT2D eigenvalue weighted by molar-refractivity contribution is -0.645. The lowest BCUT2D eigenvalue weighted by Crippen LogP contribution is -2.27. The zero-order valence-electron chi connectivity index (χ0n) is 11.5. The first-order chi connectivity index (χ1) is 10.2. The number of methoxy groups -OCH3 is 1. The Balaban J connectivity index is 1.84. The summed E-state index contributed by atoms with van der Waals surface area (Å²) in [6.45, 7) is 0.435. The average molecular weight is 305 g/mol. The van der Waals surface area contributed by atoms with Crippen LogP contribution in [0.4, 0.5) is 0 Å². The molecule has 5 nitrogen and oxygen atoms in total. The lowest BCUT2D eigenvalue weighted by atomic mass is 10.2. The van der Waals surface area contributed by atoms with Gasteiger partial charge in [0.25, 0.3) is 5.03 Å². The van der Waals surface area contributed by atoms with Crippen molar-refractivity contribution in [3.63, 3.8) is 0 Å². The summed E-state index contributed by atoms with van der Waals surface area (Å²) < 4.78 is 11.0. The molecule has 0 atom stereocenters. The summed E-state index contributed by atoms with van der Waals surface area (Å²) in [4.78, 5) is 11.4. The molecule has 110 valence electrons. The van der Waals surface area contributed by atoms with Gasteiger partial charge in [-0.2, -0.15) is 4.73 Å². The number of thioether (sulfide) groups is 1. The van der Waals surface area contributed by atoms with Crippen LogP contribution < -0.4 is 9.47 Å². The summed E-state index contributed by atoms with van der Waals surface area (Å²) in [6, 6.07) is 12.1. The van der Waals surface area contributed by atoms with Crippen molar-refractivity contribution in [2.75, 3.05) is 19.5 Å². The molecule has 0 radical (unpaired) electrons. The molecule has 1 aromatic heterocycles. The normalized spacial score (nSPS) is 10.1. The van der Waals surface area contributed by atoms with Gasteiger partial charge >= 0.3 is 5.97 Å². The Kier molecular flexibility index (Phi) is 5.45. The zero-order chi connectivity index (χ0) is 15.1. The quantitative estimate of drug-likeness (QED) is 0.269. The van der Waals surface area contributed by atoms with E-state index >= 15 is 0 Å². The molecule has 0 aliphatic carbocycles. The fraction of sp³-hybridized carbons (Fsp3) is 0.200. The minimum Gasteiger partial charge on any atom is -0.618 e. The number of esters is 1. The molecule has 0 bridgehead atoms. The van der Waals surface area contributed by atoms with Gasteiger partial charge in [-0.25, -0.2) is 4.79 Å². The number of carbonyl (C=O) groups excluding carboxylic acids is 1. The SMILES string of the molecule is COC(=O)c1cccc(OCCSc2cccc[n+]2[O-])c1. The minimum absolute atomic E-state index is 0.397. The largest absolute Gasteiger partial charge is 0.618 e. The molecule has 0 fully saturated rings. The van der Waals surface area contributed by atoms with Crippen molar-refractivity contribution in [2.45, 2.75) is 5.03 Å². The Labute approximate surface area is 127 Å². The Morgan fingerprint density at radius 1 is 1.29 bits per heavy atom. The summed E-state index contributed by atoms with van der Waals surface area (Å²) >= 11 is 1.42. The molecule has 2 aromatic rings. The predicted octanol–water partition coefficient (Wildman–Crippen LogP) is 2.28. The second kappa shape index (κ2) is 7.54. The summed E-state index contributed by atoms with van der Waals surface area (Å²) in [6.07, 6.45) is 1.46. The highest BCUT2D eigenvalue weighted by molar-refractivity contribution is 7.99. The van der Waals surface area contributed by atoms with Gasteiger partial charge in [0.1, 0.15) is 5.75 Å². The first-order valence-electron chi connectivity index (χ1n) is 6.33. The maximum atomic E-state index is 11.4. The molecule has 0 N–H and O–H groups in total. The molecule has 1 aromatic carbocycles. The Morgan fingerprint density at radius 2 is 2.14 bits per heavy atom. The third-order valence-electron chi connectivity index (χ3n) is 2.65. The van der Waals surface area contributed by atoms with Crippen molar-refractivity contribution in [3.05, 3.63) is 59.4 Å². The van der Waals surface area contributed by atoms with E-state index in [1.165, 1.54) is 25.1 Å². The van der Waals surface area contributed by atoms with Crippen molar-refractivity contribution >= 4 is 17.7 Å². The molecule has 0 amide bonds. The number of nitrogens with zero attached hydrogens (tertiary/aromatic N) is 1. The summed E-state index contributed by atoms with van der Waals surface area (Å²) in [5.74, 6) is 0.836. The number of pyridine rings is 1. The number of benzene rings is 1. The van der Waals surface area contributed by atoms with E-state index in [0.717, 1.165) is 4.73 Å². The van der Waals surface area contributed by atoms with Gasteiger partial charge in [-0.15, -0.1) is 0 Å². The van der Waals surface area contributed by atoms with E-state index in [-0.39, 0.29) is 0 Å².